The number of hydrogen-bond acceptors (Lipinski definition) is 5. The third-order valence-electron chi connectivity index (χ3n) is 6.97. The van der Waals surface area contributed by atoms with Gasteiger partial charge < -0.3 is 4.90 Å². The fraction of sp³-hybridized carbons (Fsp3) is 0.520. The minimum atomic E-state index is -0.107. The first-order valence-corrected chi connectivity index (χ1v) is 11.8. The number of amides is 2. The molecule has 2 saturated heterocycles. The molecule has 32 heavy (non-hydrogen) atoms. The molecule has 1 aromatic carbocycles. The van der Waals surface area contributed by atoms with Crippen LogP contribution < -0.4 is 4.90 Å². The van der Waals surface area contributed by atoms with Crippen molar-refractivity contribution >= 4 is 17.6 Å². The van der Waals surface area contributed by atoms with Gasteiger partial charge in [-0.15, -0.1) is 0 Å². The summed E-state index contributed by atoms with van der Waals surface area (Å²) in [6.07, 6.45) is 5.34. The standard InChI is InChI=1S/C25H31N5O2/c1-18-20-11-12-22(31)30(16-19-8-3-2-4-9-19)25(20)27-24(26-18)21-10-7-15-29(21)23(32)17-28-13-5-6-14-28/h2-4,8-9,21H,5-7,10-17H2,1H3. The largest absolute Gasteiger partial charge is 0.331 e. The Morgan fingerprint density at radius 1 is 1.03 bits per heavy atom. The topological polar surface area (TPSA) is 69.6 Å². The molecule has 0 aliphatic carbocycles. The molecule has 3 aliphatic rings. The lowest BCUT2D eigenvalue weighted by Crippen LogP contribution is -2.40. The van der Waals surface area contributed by atoms with E-state index in [1.54, 1.807) is 4.90 Å². The van der Waals surface area contributed by atoms with Gasteiger partial charge in [-0.3, -0.25) is 19.4 Å². The van der Waals surface area contributed by atoms with Gasteiger partial charge in [0.2, 0.25) is 11.8 Å². The van der Waals surface area contributed by atoms with Crippen LogP contribution in [0.25, 0.3) is 0 Å². The zero-order valence-electron chi connectivity index (χ0n) is 18.8. The molecule has 1 atom stereocenters. The number of carbonyl (C=O) groups is 2. The Kier molecular flexibility index (Phi) is 5.91. The van der Waals surface area contributed by atoms with E-state index in [0.717, 1.165) is 55.1 Å². The highest BCUT2D eigenvalue weighted by Crippen LogP contribution is 2.35. The maximum Gasteiger partial charge on any atom is 0.237 e. The fourth-order valence-corrected chi connectivity index (χ4v) is 5.24. The Bertz CT molecular complexity index is 1000. The van der Waals surface area contributed by atoms with Gasteiger partial charge in [0, 0.05) is 24.2 Å². The molecule has 2 amide bonds. The average molecular weight is 434 g/mol. The summed E-state index contributed by atoms with van der Waals surface area (Å²) in [5, 5.41) is 0. The van der Waals surface area contributed by atoms with Crippen molar-refractivity contribution in [2.75, 3.05) is 31.1 Å². The molecular formula is C25H31N5O2. The molecule has 7 nitrogen and oxygen atoms in total. The minimum Gasteiger partial charge on any atom is -0.331 e. The van der Waals surface area contributed by atoms with Gasteiger partial charge in [0.05, 0.1) is 19.1 Å². The summed E-state index contributed by atoms with van der Waals surface area (Å²) in [5.41, 5.74) is 3.06. The van der Waals surface area contributed by atoms with Crippen molar-refractivity contribution in [3.8, 4) is 0 Å². The van der Waals surface area contributed by atoms with Crippen LogP contribution >= 0.6 is 0 Å². The SMILES string of the molecule is Cc1nc(C2CCCN2C(=O)CN2CCCC2)nc2c1CCC(=O)N2Cc1ccccc1. The van der Waals surface area contributed by atoms with E-state index in [-0.39, 0.29) is 17.9 Å². The molecule has 1 unspecified atom stereocenters. The number of hydrogen-bond donors (Lipinski definition) is 0. The molecule has 7 heteroatoms. The molecule has 3 aliphatic heterocycles. The van der Waals surface area contributed by atoms with Crippen LogP contribution in [0.4, 0.5) is 5.82 Å². The number of fused-ring (bicyclic) bond motifs is 1. The van der Waals surface area contributed by atoms with Crippen LogP contribution in [0.5, 0.6) is 0 Å². The lowest BCUT2D eigenvalue weighted by molar-refractivity contribution is -0.133. The van der Waals surface area contributed by atoms with Crippen molar-refractivity contribution in [1.29, 1.82) is 0 Å². The molecule has 0 spiro atoms. The first-order valence-electron chi connectivity index (χ1n) is 11.8. The van der Waals surface area contributed by atoms with Crippen molar-refractivity contribution in [1.82, 2.24) is 19.8 Å². The predicted molar refractivity (Wildman–Crippen MR) is 122 cm³/mol. The summed E-state index contributed by atoms with van der Waals surface area (Å²) >= 11 is 0. The second-order valence-electron chi connectivity index (χ2n) is 9.16. The Morgan fingerprint density at radius 3 is 2.59 bits per heavy atom. The second kappa shape index (κ2) is 8.98. The predicted octanol–water partition coefficient (Wildman–Crippen LogP) is 3.02. The van der Waals surface area contributed by atoms with E-state index in [9.17, 15) is 9.59 Å². The molecule has 0 radical (unpaired) electrons. The van der Waals surface area contributed by atoms with Crippen molar-refractivity contribution < 1.29 is 9.59 Å². The molecule has 2 fully saturated rings. The third kappa shape index (κ3) is 4.13. The van der Waals surface area contributed by atoms with Crippen LogP contribution in [0.15, 0.2) is 30.3 Å². The van der Waals surface area contributed by atoms with Crippen LogP contribution in [-0.2, 0) is 22.6 Å². The molecular weight excluding hydrogens is 402 g/mol. The van der Waals surface area contributed by atoms with E-state index in [2.05, 4.69) is 4.90 Å². The Labute approximate surface area is 189 Å². The van der Waals surface area contributed by atoms with E-state index >= 15 is 0 Å². The molecule has 0 N–H and O–H groups in total. The third-order valence-corrected chi connectivity index (χ3v) is 6.97. The number of nitrogens with zero attached hydrogens (tertiary/aromatic N) is 5. The molecule has 168 valence electrons. The summed E-state index contributed by atoms with van der Waals surface area (Å²) in [4.78, 5) is 41.7. The normalized spacial score (nSPS) is 21.3. The summed E-state index contributed by atoms with van der Waals surface area (Å²) < 4.78 is 0. The number of aromatic nitrogens is 2. The van der Waals surface area contributed by atoms with Gasteiger partial charge in [0.25, 0.3) is 0 Å². The highest BCUT2D eigenvalue weighted by Gasteiger charge is 2.35. The number of aryl methyl sites for hydroxylation is 1. The molecule has 0 bridgehead atoms. The second-order valence-corrected chi connectivity index (χ2v) is 9.16. The van der Waals surface area contributed by atoms with Gasteiger partial charge in [-0.25, -0.2) is 9.97 Å². The van der Waals surface area contributed by atoms with E-state index in [1.807, 2.05) is 42.2 Å². The fourth-order valence-electron chi connectivity index (χ4n) is 5.24. The van der Waals surface area contributed by atoms with Gasteiger partial charge in [-0.1, -0.05) is 30.3 Å². The first-order chi connectivity index (χ1) is 15.6. The summed E-state index contributed by atoms with van der Waals surface area (Å²) in [7, 11) is 0. The maximum atomic E-state index is 13.1. The van der Waals surface area contributed by atoms with Crippen LogP contribution in [0.2, 0.25) is 0 Å². The number of likely N-dealkylation sites (tertiary alicyclic amines) is 2. The number of carbonyl (C=O) groups excluding carboxylic acids is 2. The van der Waals surface area contributed by atoms with E-state index in [4.69, 9.17) is 9.97 Å². The summed E-state index contributed by atoms with van der Waals surface area (Å²) in [6.45, 7) is 5.77. The Balaban J connectivity index is 1.43. The van der Waals surface area contributed by atoms with Gasteiger partial charge in [0.15, 0.2) is 5.82 Å². The molecule has 4 heterocycles. The first kappa shape index (κ1) is 21.1. The van der Waals surface area contributed by atoms with Crippen molar-refractivity contribution in [3.63, 3.8) is 0 Å². The summed E-state index contributed by atoms with van der Waals surface area (Å²) in [5.74, 6) is 1.68. The molecule has 2 aromatic rings. The number of rotatable bonds is 5. The summed E-state index contributed by atoms with van der Waals surface area (Å²) in [6, 6.07) is 9.92. The van der Waals surface area contributed by atoms with Crippen molar-refractivity contribution in [2.24, 2.45) is 0 Å². The van der Waals surface area contributed by atoms with Crippen LogP contribution in [0.3, 0.4) is 0 Å². The highest BCUT2D eigenvalue weighted by atomic mass is 16.2. The zero-order valence-corrected chi connectivity index (χ0v) is 18.8. The van der Waals surface area contributed by atoms with Gasteiger partial charge >= 0.3 is 0 Å². The number of anilines is 1. The number of benzene rings is 1. The molecule has 5 rings (SSSR count). The Morgan fingerprint density at radius 2 is 1.81 bits per heavy atom. The van der Waals surface area contributed by atoms with Crippen molar-refractivity contribution in [3.05, 3.63) is 53.0 Å². The van der Waals surface area contributed by atoms with Gasteiger partial charge in [-0.2, -0.15) is 0 Å². The van der Waals surface area contributed by atoms with E-state index in [1.165, 1.54) is 12.8 Å². The highest BCUT2D eigenvalue weighted by molar-refractivity contribution is 5.95. The van der Waals surface area contributed by atoms with E-state index in [0.29, 0.717) is 31.8 Å². The van der Waals surface area contributed by atoms with Gasteiger partial charge in [0.1, 0.15) is 5.82 Å². The zero-order chi connectivity index (χ0) is 22.1. The van der Waals surface area contributed by atoms with E-state index < -0.39 is 0 Å². The van der Waals surface area contributed by atoms with Gasteiger partial charge in [-0.05, 0) is 57.7 Å². The smallest absolute Gasteiger partial charge is 0.237 e. The average Bonchev–Trinajstić information content (AvgIpc) is 3.48. The molecule has 0 saturated carbocycles. The van der Waals surface area contributed by atoms with Crippen molar-refractivity contribution in [2.45, 2.75) is 58.0 Å². The van der Waals surface area contributed by atoms with Crippen LogP contribution in [0, 0.1) is 6.92 Å². The maximum absolute atomic E-state index is 13.1. The quantitative estimate of drug-likeness (QED) is 0.725. The van der Waals surface area contributed by atoms with Crippen LogP contribution in [-0.4, -0.2) is 57.8 Å². The lowest BCUT2D eigenvalue weighted by Gasteiger charge is -2.31. The minimum absolute atomic E-state index is 0.0961. The van der Waals surface area contributed by atoms with Crippen LogP contribution in [0.1, 0.15) is 60.8 Å². The molecule has 1 aromatic heterocycles. The Hall–Kier alpha value is -2.80. The lowest BCUT2D eigenvalue weighted by atomic mass is 10.0. The monoisotopic (exact) mass is 433 g/mol.